The third kappa shape index (κ3) is 3.87. The van der Waals surface area contributed by atoms with E-state index in [1.807, 2.05) is 13.0 Å². The number of anilines is 2. The van der Waals surface area contributed by atoms with Gasteiger partial charge < -0.3 is 15.6 Å². The maximum Gasteiger partial charge on any atom is 0.261 e. The molecule has 0 atom stereocenters. The van der Waals surface area contributed by atoms with Gasteiger partial charge in [-0.15, -0.1) is 0 Å². The number of aromatic amines is 1. The smallest absolute Gasteiger partial charge is 0.261 e. The Bertz CT molecular complexity index is 1010. The van der Waals surface area contributed by atoms with Crippen LogP contribution in [-0.2, 0) is 0 Å². The van der Waals surface area contributed by atoms with Gasteiger partial charge in [0.05, 0.1) is 0 Å². The van der Waals surface area contributed by atoms with Crippen LogP contribution in [0.1, 0.15) is 26.3 Å². The molecule has 3 N–H and O–H groups in total. The Labute approximate surface area is 149 Å². The van der Waals surface area contributed by atoms with E-state index in [1.165, 1.54) is 12.3 Å². The average molecular weight is 347 g/mol. The molecule has 0 bridgehead atoms. The number of nitrogens with one attached hydrogen (secondary N) is 3. The van der Waals surface area contributed by atoms with Crippen molar-refractivity contribution in [3.05, 3.63) is 93.9 Å². The second-order valence-corrected chi connectivity index (χ2v) is 5.72. The van der Waals surface area contributed by atoms with E-state index < -0.39 is 11.5 Å². The molecule has 0 aliphatic heterocycles. The average Bonchev–Trinajstić information content (AvgIpc) is 2.65. The molecule has 0 saturated carbocycles. The van der Waals surface area contributed by atoms with Crippen LogP contribution in [-0.4, -0.2) is 16.8 Å². The molecule has 0 fully saturated rings. The van der Waals surface area contributed by atoms with Crippen LogP contribution in [0.25, 0.3) is 0 Å². The topological polar surface area (TPSA) is 91.1 Å². The Morgan fingerprint density at radius 2 is 1.65 bits per heavy atom. The highest BCUT2D eigenvalue weighted by atomic mass is 16.2. The number of carbonyl (C=O) groups excluding carboxylic acids is 2. The van der Waals surface area contributed by atoms with Crippen molar-refractivity contribution in [2.45, 2.75) is 6.92 Å². The molecule has 26 heavy (non-hydrogen) atoms. The fraction of sp³-hybridized carbons (Fsp3) is 0.0500. The van der Waals surface area contributed by atoms with Gasteiger partial charge in [0, 0.05) is 23.1 Å². The molecule has 0 radical (unpaired) electrons. The predicted octanol–water partition coefficient (Wildman–Crippen LogP) is 3.19. The minimum absolute atomic E-state index is 0.0191. The monoisotopic (exact) mass is 347 g/mol. The lowest BCUT2D eigenvalue weighted by Crippen LogP contribution is -2.23. The van der Waals surface area contributed by atoms with Gasteiger partial charge in [-0.2, -0.15) is 0 Å². The maximum absolute atomic E-state index is 12.3. The van der Waals surface area contributed by atoms with E-state index in [1.54, 1.807) is 48.5 Å². The molecule has 6 heteroatoms. The quantitative estimate of drug-likeness (QED) is 0.677. The lowest BCUT2D eigenvalue weighted by atomic mass is 10.1. The predicted molar refractivity (Wildman–Crippen MR) is 101 cm³/mol. The van der Waals surface area contributed by atoms with E-state index in [0.29, 0.717) is 16.9 Å². The zero-order chi connectivity index (χ0) is 18.5. The molecule has 2 amide bonds. The minimum Gasteiger partial charge on any atom is -0.328 e. The number of hydrogen-bond acceptors (Lipinski definition) is 3. The zero-order valence-electron chi connectivity index (χ0n) is 14.1. The van der Waals surface area contributed by atoms with Crippen LogP contribution in [0, 0.1) is 6.92 Å². The SMILES string of the molecule is Cc1ccc(NC(=O)c2ccccc2)cc1NC(=O)c1ccc[nH]c1=O. The summed E-state index contributed by atoms with van der Waals surface area (Å²) >= 11 is 0. The summed E-state index contributed by atoms with van der Waals surface area (Å²) in [6, 6.07) is 17.1. The second kappa shape index (κ2) is 7.48. The second-order valence-electron chi connectivity index (χ2n) is 5.72. The Morgan fingerprint density at radius 3 is 2.38 bits per heavy atom. The van der Waals surface area contributed by atoms with Crippen LogP contribution >= 0.6 is 0 Å². The fourth-order valence-corrected chi connectivity index (χ4v) is 2.42. The van der Waals surface area contributed by atoms with Crippen molar-refractivity contribution < 1.29 is 9.59 Å². The molecule has 0 aliphatic rings. The summed E-state index contributed by atoms with van der Waals surface area (Å²) in [5.41, 5.74) is 1.96. The van der Waals surface area contributed by atoms with E-state index >= 15 is 0 Å². The summed E-state index contributed by atoms with van der Waals surface area (Å²) in [4.78, 5) is 38.8. The number of hydrogen-bond donors (Lipinski definition) is 3. The number of carbonyl (C=O) groups is 2. The summed E-state index contributed by atoms with van der Waals surface area (Å²) in [5.74, 6) is -0.757. The van der Waals surface area contributed by atoms with Gasteiger partial charge in [0.2, 0.25) is 0 Å². The number of pyridine rings is 1. The van der Waals surface area contributed by atoms with Gasteiger partial charge in [-0.1, -0.05) is 24.3 Å². The van der Waals surface area contributed by atoms with Gasteiger partial charge in [0.15, 0.2) is 0 Å². The van der Waals surface area contributed by atoms with E-state index in [0.717, 1.165) is 5.56 Å². The normalized spacial score (nSPS) is 10.2. The van der Waals surface area contributed by atoms with Crippen molar-refractivity contribution in [3.63, 3.8) is 0 Å². The fourth-order valence-electron chi connectivity index (χ4n) is 2.42. The van der Waals surface area contributed by atoms with E-state index in [4.69, 9.17) is 0 Å². The molecule has 2 aromatic carbocycles. The van der Waals surface area contributed by atoms with Crippen LogP contribution in [0.5, 0.6) is 0 Å². The van der Waals surface area contributed by atoms with Crippen LogP contribution < -0.4 is 16.2 Å². The molecule has 6 nitrogen and oxygen atoms in total. The molecular weight excluding hydrogens is 330 g/mol. The summed E-state index contributed by atoms with van der Waals surface area (Å²) in [7, 11) is 0. The van der Waals surface area contributed by atoms with E-state index in [9.17, 15) is 14.4 Å². The number of aromatic nitrogens is 1. The van der Waals surface area contributed by atoms with Gasteiger partial charge in [0.25, 0.3) is 17.4 Å². The van der Waals surface area contributed by atoms with Crippen molar-refractivity contribution in [2.24, 2.45) is 0 Å². The summed E-state index contributed by atoms with van der Waals surface area (Å²) in [6.45, 7) is 1.83. The van der Waals surface area contributed by atoms with Gasteiger partial charge in [0.1, 0.15) is 5.56 Å². The molecular formula is C20H17N3O3. The van der Waals surface area contributed by atoms with Crippen LogP contribution in [0.2, 0.25) is 0 Å². The van der Waals surface area contributed by atoms with Crippen molar-refractivity contribution in [3.8, 4) is 0 Å². The Hall–Kier alpha value is -3.67. The molecule has 0 unspecified atom stereocenters. The van der Waals surface area contributed by atoms with Gasteiger partial charge in [-0.05, 0) is 48.9 Å². The molecule has 0 aliphatic carbocycles. The van der Waals surface area contributed by atoms with E-state index in [2.05, 4.69) is 15.6 Å². The highest BCUT2D eigenvalue weighted by Crippen LogP contribution is 2.21. The molecule has 0 spiro atoms. The van der Waals surface area contributed by atoms with Crippen molar-refractivity contribution >= 4 is 23.2 Å². The lowest BCUT2D eigenvalue weighted by molar-refractivity contribution is 0.101. The van der Waals surface area contributed by atoms with Gasteiger partial charge in [-0.25, -0.2) is 0 Å². The standard InChI is InChI=1S/C20H17N3O3/c1-13-9-10-15(22-18(24)14-6-3-2-4-7-14)12-17(13)23-20(26)16-8-5-11-21-19(16)25/h2-12H,1H3,(H,21,25)(H,22,24)(H,23,26). The molecule has 1 heterocycles. The summed E-state index contributed by atoms with van der Waals surface area (Å²) in [5, 5.41) is 5.50. The van der Waals surface area contributed by atoms with Crippen LogP contribution in [0.15, 0.2) is 71.7 Å². The highest BCUT2D eigenvalue weighted by Gasteiger charge is 2.12. The number of rotatable bonds is 4. The summed E-state index contributed by atoms with van der Waals surface area (Å²) < 4.78 is 0. The van der Waals surface area contributed by atoms with Crippen molar-refractivity contribution in [1.82, 2.24) is 4.98 Å². The zero-order valence-corrected chi connectivity index (χ0v) is 14.1. The highest BCUT2D eigenvalue weighted by molar-refractivity contribution is 6.06. The first-order chi connectivity index (χ1) is 12.5. The number of H-pyrrole nitrogens is 1. The first-order valence-electron chi connectivity index (χ1n) is 8.01. The van der Waals surface area contributed by atoms with Gasteiger partial charge in [-0.3, -0.25) is 14.4 Å². The third-order valence-electron chi connectivity index (χ3n) is 3.84. The van der Waals surface area contributed by atoms with Crippen LogP contribution in [0.4, 0.5) is 11.4 Å². The summed E-state index contributed by atoms with van der Waals surface area (Å²) in [6.07, 6.45) is 1.46. The molecule has 1 aromatic heterocycles. The Balaban J connectivity index is 1.80. The van der Waals surface area contributed by atoms with Crippen molar-refractivity contribution in [1.29, 1.82) is 0 Å². The molecule has 0 saturated heterocycles. The third-order valence-corrected chi connectivity index (χ3v) is 3.84. The van der Waals surface area contributed by atoms with E-state index in [-0.39, 0.29) is 11.5 Å². The first-order valence-corrected chi connectivity index (χ1v) is 8.01. The minimum atomic E-state index is -0.513. The number of aryl methyl sites for hydroxylation is 1. The Kier molecular flexibility index (Phi) is 4.94. The largest absolute Gasteiger partial charge is 0.328 e. The Morgan fingerprint density at radius 1 is 0.885 bits per heavy atom. The first kappa shape index (κ1) is 17.2. The van der Waals surface area contributed by atoms with Gasteiger partial charge >= 0.3 is 0 Å². The maximum atomic E-state index is 12.3. The molecule has 130 valence electrons. The lowest BCUT2D eigenvalue weighted by Gasteiger charge is -2.11. The van der Waals surface area contributed by atoms with Crippen molar-refractivity contribution in [2.75, 3.05) is 10.6 Å². The molecule has 3 rings (SSSR count). The number of benzene rings is 2. The molecule has 3 aromatic rings. The van der Waals surface area contributed by atoms with Crippen LogP contribution in [0.3, 0.4) is 0 Å². The number of amides is 2.